The molecule has 0 bridgehead atoms. The normalized spacial score (nSPS) is 18.9. The van der Waals surface area contributed by atoms with E-state index in [2.05, 4.69) is 10.3 Å². The van der Waals surface area contributed by atoms with Crippen molar-refractivity contribution in [1.82, 2.24) is 10.3 Å². The summed E-state index contributed by atoms with van der Waals surface area (Å²) in [6.45, 7) is 6.14. The summed E-state index contributed by atoms with van der Waals surface area (Å²) in [6.07, 6.45) is 0.602. The zero-order valence-electron chi connectivity index (χ0n) is 16.5. The summed E-state index contributed by atoms with van der Waals surface area (Å²) in [5.74, 6) is -1.60. The monoisotopic (exact) mass is 432 g/mol. The van der Waals surface area contributed by atoms with E-state index in [-0.39, 0.29) is 40.4 Å². The summed E-state index contributed by atoms with van der Waals surface area (Å²) in [6, 6.07) is 6.98. The molecule has 1 N–H and O–H groups in total. The molecule has 1 aliphatic rings. The third kappa shape index (κ3) is 4.51. The molecule has 1 amide bonds. The smallest absolute Gasteiger partial charge is 0.254 e. The van der Waals surface area contributed by atoms with Crippen LogP contribution >= 0.6 is 23.2 Å². The van der Waals surface area contributed by atoms with E-state index in [1.807, 2.05) is 32.9 Å². The van der Waals surface area contributed by atoms with Crippen LogP contribution in [-0.2, 0) is 9.59 Å². The summed E-state index contributed by atoms with van der Waals surface area (Å²) < 4.78 is 0. The van der Waals surface area contributed by atoms with Gasteiger partial charge < -0.3 is 5.32 Å². The number of Topliss-reactive ketones (excluding diaryl/α,β-unsaturated/α-hetero) is 2. The summed E-state index contributed by atoms with van der Waals surface area (Å²) in [5.41, 5.74) is 4.09. The maximum atomic E-state index is 13.0. The van der Waals surface area contributed by atoms with Crippen molar-refractivity contribution in [3.8, 4) is 0 Å². The molecule has 1 aromatic heterocycles. The van der Waals surface area contributed by atoms with Crippen LogP contribution < -0.4 is 5.32 Å². The summed E-state index contributed by atoms with van der Waals surface area (Å²) in [4.78, 5) is 41.7. The van der Waals surface area contributed by atoms with Crippen molar-refractivity contribution in [1.29, 1.82) is 0 Å². The third-order valence-corrected chi connectivity index (χ3v) is 5.82. The Morgan fingerprint density at radius 1 is 1.14 bits per heavy atom. The second-order valence-electron chi connectivity index (χ2n) is 7.53. The van der Waals surface area contributed by atoms with E-state index in [0.29, 0.717) is 6.42 Å². The van der Waals surface area contributed by atoms with Crippen molar-refractivity contribution in [2.45, 2.75) is 39.5 Å². The van der Waals surface area contributed by atoms with Crippen molar-refractivity contribution >= 4 is 40.7 Å². The van der Waals surface area contributed by atoms with Gasteiger partial charge in [-0.05, 0) is 56.0 Å². The van der Waals surface area contributed by atoms with Crippen molar-refractivity contribution in [2.75, 3.05) is 6.54 Å². The zero-order valence-corrected chi connectivity index (χ0v) is 18.0. The van der Waals surface area contributed by atoms with Gasteiger partial charge in [0.1, 0.15) is 22.0 Å². The van der Waals surface area contributed by atoms with Crippen molar-refractivity contribution in [3.63, 3.8) is 0 Å². The number of carbonyl (C=O) groups is 3. The minimum absolute atomic E-state index is 0.0208. The lowest BCUT2D eigenvalue weighted by molar-refractivity contribution is -0.124. The van der Waals surface area contributed by atoms with Crippen LogP contribution in [-0.4, -0.2) is 29.0 Å². The van der Waals surface area contributed by atoms with E-state index in [4.69, 9.17) is 23.2 Å². The number of nitrogens with zero attached hydrogens (tertiary/aromatic N) is 1. The number of hydrogen-bond acceptors (Lipinski definition) is 4. The molecule has 152 valence electrons. The van der Waals surface area contributed by atoms with E-state index >= 15 is 0 Å². The van der Waals surface area contributed by atoms with Crippen LogP contribution in [0.1, 0.15) is 51.4 Å². The van der Waals surface area contributed by atoms with Gasteiger partial charge in [0.15, 0.2) is 5.78 Å². The fourth-order valence-electron chi connectivity index (χ4n) is 4.09. The highest BCUT2D eigenvalue weighted by atomic mass is 35.5. The number of aromatic nitrogens is 1. The average Bonchev–Trinajstić information content (AvgIpc) is 2.89. The van der Waals surface area contributed by atoms with Gasteiger partial charge in [-0.15, -0.1) is 0 Å². The lowest BCUT2D eigenvalue weighted by atomic mass is 9.86. The van der Waals surface area contributed by atoms with Gasteiger partial charge in [0, 0.05) is 18.9 Å². The molecule has 0 aliphatic heterocycles. The molecule has 1 saturated carbocycles. The van der Waals surface area contributed by atoms with E-state index < -0.39 is 17.7 Å². The molecule has 29 heavy (non-hydrogen) atoms. The third-order valence-electron chi connectivity index (χ3n) is 5.32. The Morgan fingerprint density at radius 2 is 1.79 bits per heavy atom. The molecule has 2 atom stereocenters. The Balaban J connectivity index is 1.66. The Hall–Kier alpha value is -2.24. The van der Waals surface area contributed by atoms with E-state index in [1.54, 1.807) is 0 Å². The number of amides is 1. The molecule has 0 saturated heterocycles. The average molecular weight is 433 g/mol. The van der Waals surface area contributed by atoms with E-state index in [1.165, 1.54) is 12.1 Å². The number of benzene rings is 1. The van der Waals surface area contributed by atoms with Gasteiger partial charge in [-0.3, -0.25) is 14.4 Å². The fraction of sp³-hybridized carbons (Fsp3) is 0.364. The number of hydrogen-bond donors (Lipinski definition) is 1. The first-order valence-corrected chi connectivity index (χ1v) is 10.2. The number of aryl methyl sites for hydroxylation is 3. The Labute approximate surface area is 179 Å². The van der Waals surface area contributed by atoms with Gasteiger partial charge in [-0.25, -0.2) is 4.98 Å². The Bertz CT molecular complexity index is 981. The standard InChI is InChI=1S/C22H22Cl2N2O3/c1-11-8-12(2)18(13(3)9-11)19-16(27)10-14(20(19)28)6-7-25-22(29)15-4-5-17(23)26-21(15)24/h4-5,8-9,14,19H,6-7,10H2,1-3H3,(H,25,29). The number of rotatable bonds is 5. The molecule has 7 heteroatoms. The number of carbonyl (C=O) groups excluding carboxylic acids is 3. The van der Waals surface area contributed by atoms with E-state index in [0.717, 1.165) is 22.3 Å². The summed E-state index contributed by atoms with van der Waals surface area (Å²) in [7, 11) is 0. The van der Waals surface area contributed by atoms with Crippen LogP contribution in [0, 0.1) is 26.7 Å². The molecule has 2 unspecified atom stereocenters. The van der Waals surface area contributed by atoms with Gasteiger partial charge in [-0.1, -0.05) is 40.9 Å². The zero-order chi connectivity index (χ0) is 21.3. The SMILES string of the molecule is Cc1cc(C)c(C2C(=O)CC(CCNC(=O)c3ccc(Cl)nc3Cl)C2=O)c(C)c1. The molecule has 1 heterocycles. The van der Waals surface area contributed by atoms with Gasteiger partial charge in [0.25, 0.3) is 5.91 Å². The van der Waals surface area contributed by atoms with Crippen LogP contribution in [0.2, 0.25) is 10.3 Å². The molecule has 1 aromatic carbocycles. The molecule has 0 spiro atoms. The number of ketones is 2. The lowest BCUT2D eigenvalue weighted by Crippen LogP contribution is -2.27. The molecule has 5 nitrogen and oxygen atoms in total. The highest BCUT2D eigenvalue weighted by Crippen LogP contribution is 2.37. The summed E-state index contributed by atoms with van der Waals surface area (Å²) in [5, 5.41) is 2.96. The first kappa shape index (κ1) is 21.5. The highest BCUT2D eigenvalue weighted by Gasteiger charge is 2.42. The van der Waals surface area contributed by atoms with Crippen LogP contribution in [0.25, 0.3) is 0 Å². The molecule has 0 radical (unpaired) electrons. The first-order valence-electron chi connectivity index (χ1n) is 9.43. The molecule has 3 rings (SSSR count). The van der Waals surface area contributed by atoms with Gasteiger partial charge in [0.2, 0.25) is 0 Å². The van der Waals surface area contributed by atoms with Crippen LogP contribution in [0.4, 0.5) is 0 Å². The van der Waals surface area contributed by atoms with Crippen molar-refractivity contribution in [3.05, 3.63) is 62.4 Å². The second-order valence-corrected chi connectivity index (χ2v) is 8.28. The highest BCUT2D eigenvalue weighted by molar-refractivity contribution is 6.34. The molecular formula is C22H22Cl2N2O3. The van der Waals surface area contributed by atoms with Gasteiger partial charge >= 0.3 is 0 Å². The predicted molar refractivity (Wildman–Crippen MR) is 113 cm³/mol. The van der Waals surface area contributed by atoms with Crippen molar-refractivity contribution in [2.24, 2.45) is 5.92 Å². The topological polar surface area (TPSA) is 76.1 Å². The largest absolute Gasteiger partial charge is 0.352 e. The minimum atomic E-state index is -0.703. The number of pyridine rings is 1. The van der Waals surface area contributed by atoms with Crippen LogP contribution in [0.15, 0.2) is 24.3 Å². The van der Waals surface area contributed by atoms with Crippen molar-refractivity contribution < 1.29 is 14.4 Å². The second kappa shape index (κ2) is 8.64. The van der Waals surface area contributed by atoms with Gasteiger partial charge in [-0.2, -0.15) is 0 Å². The first-order chi connectivity index (χ1) is 13.7. The molecule has 1 aliphatic carbocycles. The maximum Gasteiger partial charge on any atom is 0.254 e. The lowest BCUT2D eigenvalue weighted by Gasteiger charge is -2.16. The number of halogens is 2. The van der Waals surface area contributed by atoms with Crippen LogP contribution in [0.5, 0.6) is 0 Å². The quantitative estimate of drug-likeness (QED) is 0.561. The Morgan fingerprint density at radius 3 is 2.41 bits per heavy atom. The molecular weight excluding hydrogens is 411 g/mol. The molecule has 2 aromatic rings. The maximum absolute atomic E-state index is 13.0. The summed E-state index contributed by atoms with van der Waals surface area (Å²) >= 11 is 11.7. The predicted octanol–water partition coefficient (Wildman–Crippen LogP) is 4.38. The fourth-order valence-corrected chi connectivity index (χ4v) is 4.52. The minimum Gasteiger partial charge on any atom is -0.352 e. The van der Waals surface area contributed by atoms with E-state index in [9.17, 15) is 14.4 Å². The van der Waals surface area contributed by atoms with Crippen LogP contribution in [0.3, 0.4) is 0 Å². The van der Waals surface area contributed by atoms with Gasteiger partial charge in [0.05, 0.1) is 5.56 Å². The molecule has 1 fully saturated rings. The number of nitrogens with one attached hydrogen (secondary N) is 1. The Kier molecular flexibility index (Phi) is 6.39.